The van der Waals surface area contributed by atoms with E-state index in [0.717, 1.165) is 0 Å². The monoisotopic (exact) mass is 512 g/mol. The van der Waals surface area contributed by atoms with Crippen LogP contribution in [0.1, 0.15) is 23.2 Å². The summed E-state index contributed by atoms with van der Waals surface area (Å²) in [5.41, 5.74) is 0.220. The van der Waals surface area contributed by atoms with E-state index in [0.29, 0.717) is 31.0 Å². The summed E-state index contributed by atoms with van der Waals surface area (Å²) in [4.78, 5) is 26.9. The Bertz CT molecular complexity index is 1410. The molecular weight excluding hydrogens is 488 g/mol. The van der Waals surface area contributed by atoms with Gasteiger partial charge in [-0.1, -0.05) is 0 Å². The van der Waals surface area contributed by atoms with Crippen molar-refractivity contribution in [3.05, 3.63) is 54.2 Å². The molecule has 0 radical (unpaired) electrons. The van der Waals surface area contributed by atoms with Gasteiger partial charge in [-0.15, -0.1) is 0 Å². The molecule has 12 heteroatoms. The summed E-state index contributed by atoms with van der Waals surface area (Å²) in [5, 5.41) is 9.22. The molecule has 11 nitrogen and oxygen atoms in total. The van der Waals surface area contributed by atoms with Gasteiger partial charge in [0.2, 0.25) is 0 Å². The average molecular weight is 513 g/mol. The van der Waals surface area contributed by atoms with Crippen molar-refractivity contribution < 1.29 is 32.2 Å². The summed E-state index contributed by atoms with van der Waals surface area (Å²) in [7, 11) is -1.74. The molecular formula is C24H24N4O7S. The van der Waals surface area contributed by atoms with Gasteiger partial charge < -0.3 is 24.4 Å². The predicted octanol–water partition coefficient (Wildman–Crippen LogP) is 2.62. The quantitative estimate of drug-likeness (QED) is 0.514. The van der Waals surface area contributed by atoms with Crippen molar-refractivity contribution >= 4 is 27.5 Å². The van der Waals surface area contributed by atoms with Crippen LogP contribution in [0.5, 0.6) is 23.0 Å². The highest BCUT2D eigenvalue weighted by Crippen LogP contribution is 2.35. The number of hydrogen-bond acceptors (Lipinski definition) is 8. The molecule has 0 aliphatic carbocycles. The van der Waals surface area contributed by atoms with E-state index in [1.807, 2.05) is 0 Å². The van der Waals surface area contributed by atoms with Crippen molar-refractivity contribution in [1.82, 2.24) is 15.1 Å². The zero-order valence-electron chi connectivity index (χ0n) is 19.4. The third-order valence-electron chi connectivity index (χ3n) is 5.84. The summed E-state index contributed by atoms with van der Waals surface area (Å²) in [6.07, 6.45) is 1.83. The molecule has 188 valence electrons. The van der Waals surface area contributed by atoms with Crippen LogP contribution >= 0.6 is 0 Å². The van der Waals surface area contributed by atoms with Crippen molar-refractivity contribution in [2.24, 2.45) is 0 Å². The maximum Gasteiger partial charge on any atom is 0.263 e. The topological polar surface area (TPSA) is 140 Å². The molecule has 2 aliphatic heterocycles. The Morgan fingerprint density at radius 2 is 2.00 bits per heavy atom. The summed E-state index contributed by atoms with van der Waals surface area (Å²) >= 11 is 0. The molecule has 2 aliphatic rings. The molecule has 0 saturated carbocycles. The molecule has 2 aromatic carbocycles. The summed E-state index contributed by atoms with van der Waals surface area (Å²) < 4.78 is 42.4. The van der Waals surface area contributed by atoms with E-state index in [9.17, 15) is 18.0 Å². The number of nitrogens with zero attached hydrogens (tertiary/aromatic N) is 2. The van der Waals surface area contributed by atoms with Gasteiger partial charge in [-0.05, 0) is 30.7 Å². The number of nitrogens with one attached hydrogen (secondary N) is 2. The highest BCUT2D eigenvalue weighted by Gasteiger charge is 2.31. The Balaban J connectivity index is 1.45. The van der Waals surface area contributed by atoms with Crippen LogP contribution in [0.15, 0.2) is 53.6 Å². The van der Waals surface area contributed by atoms with Crippen LogP contribution in [0.25, 0.3) is 0 Å². The number of carbonyl (C=O) groups is 2. The van der Waals surface area contributed by atoms with Crippen LogP contribution in [0.2, 0.25) is 0 Å². The third-order valence-corrected chi connectivity index (χ3v) is 7.68. The minimum absolute atomic E-state index is 0.0170. The Morgan fingerprint density at radius 1 is 1.17 bits per heavy atom. The maximum atomic E-state index is 12.9. The number of fused-ring (bicyclic) bond motifs is 1. The van der Waals surface area contributed by atoms with E-state index in [2.05, 4.69) is 15.5 Å². The molecule has 5 rings (SSSR count). The van der Waals surface area contributed by atoms with E-state index in [4.69, 9.17) is 14.2 Å². The van der Waals surface area contributed by atoms with Gasteiger partial charge in [-0.25, -0.2) is 8.42 Å². The number of benzene rings is 2. The standard InChI is InChI=1S/C24H24N4O7S/c1-28-8-6-19(24(28)30)35-18-12-15(23(29)26-22-5-7-25-27-22)11-17(13-18)34-16-3-4-21-20(14-16)33-9-2-10-36(21,31)32/h3-5,7,11-14,19H,2,6,8-10H2,1H3,(H2,25,26,27,29)/t19-/m0/s1. The molecule has 1 atom stereocenters. The third kappa shape index (κ3) is 4.98. The molecule has 2 amide bonds. The molecule has 1 fully saturated rings. The first-order chi connectivity index (χ1) is 17.3. The summed E-state index contributed by atoms with van der Waals surface area (Å²) in [6.45, 7) is 0.852. The lowest BCUT2D eigenvalue weighted by Crippen LogP contribution is -2.29. The molecule has 3 heterocycles. The molecule has 3 aromatic rings. The highest BCUT2D eigenvalue weighted by molar-refractivity contribution is 7.91. The zero-order valence-corrected chi connectivity index (χ0v) is 20.2. The number of hydrogen-bond donors (Lipinski definition) is 2. The molecule has 36 heavy (non-hydrogen) atoms. The second kappa shape index (κ2) is 9.53. The van der Waals surface area contributed by atoms with E-state index in [1.54, 1.807) is 30.3 Å². The van der Waals surface area contributed by atoms with Gasteiger partial charge in [0.15, 0.2) is 21.8 Å². The van der Waals surface area contributed by atoms with Crippen molar-refractivity contribution in [1.29, 1.82) is 0 Å². The van der Waals surface area contributed by atoms with Crippen LogP contribution in [0, 0.1) is 0 Å². The number of aromatic nitrogens is 2. The van der Waals surface area contributed by atoms with Crippen LogP contribution < -0.4 is 19.5 Å². The second-order valence-corrected chi connectivity index (χ2v) is 10.6. The SMILES string of the molecule is CN1CC[C@H](Oc2cc(Oc3ccc4c(c3)OCCCS4(=O)=O)cc(C(=O)Nc3cc[nH]n3)c2)C1=O. The number of likely N-dealkylation sites (tertiary alicyclic amines) is 1. The average Bonchev–Trinajstić information content (AvgIpc) is 3.43. The fourth-order valence-electron chi connectivity index (χ4n) is 4.01. The van der Waals surface area contributed by atoms with Gasteiger partial charge in [0.05, 0.1) is 12.4 Å². The molecule has 2 N–H and O–H groups in total. The van der Waals surface area contributed by atoms with Crippen molar-refractivity contribution in [3.63, 3.8) is 0 Å². The molecule has 0 unspecified atom stereocenters. The number of rotatable bonds is 6. The van der Waals surface area contributed by atoms with Crippen LogP contribution in [0.4, 0.5) is 5.82 Å². The van der Waals surface area contributed by atoms with E-state index < -0.39 is 21.8 Å². The minimum atomic E-state index is -3.44. The van der Waals surface area contributed by atoms with Crippen LogP contribution in [-0.4, -0.2) is 67.4 Å². The zero-order chi connectivity index (χ0) is 25.3. The fraction of sp³-hybridized carbons (Fsp3) is 0.292. The number of sulfone groups is 1. The van der Waals surface area contributed by atoms with Crippen LogP contribution in [0.3, 0.4) is 0 Å². The second-order valence-electron chi connectivity index (χ2n) is 8.49. The van der Waals surface area contributed by atoms with Crippen molar-refractivity contribution in [2.45, 2.75) is 23.8 Å². The Kier molecular flexibility index (Phi) is 6.27. The molecule has 1 saturated heterocycles. The number of ether oxygens (including phenoxy) is 3. The number of likely N-dealkylation sites (N-methyl/N-ethyl adjacent to an activating group) is 1. The number of anilines is 1. The normalized spacial score (nSPS) is 18.6. The Hall–Kier alpha value is -4.06. The van der Waals surface area contributed by atoms with Gasteiger partial charge in [0, 0.05) is 50.0 Å². The molecule has 0 spiro atoms. The summed E-state index contributed by atoms with van der Waals surface area (Å²) in [5.74, 6) is 0.828. The lowest BCUT2D eigenvalue weighted by atomic mass is 10.1. The highest BCUT2D eigenvalue weighted by atomic mass is 32.2. The van der Waals surface area contributed by atoms with Gasteiger partial charge >= 0.3 is 0 Å². The summed E-state index contributed by atoms with van der Waals surface area (Å²) in [6, 6.07) is 10.7. The Labute approximate surface area is 207 Å². The van der Waals surface area contributed by atoms with Gasteiger partial charge in [0.1, 0.15) is 27.9 Å². The number of carbonyl (C=O) groups excluding carboxylic acids is 2. The number of amides is 2. The van der Waals surface area contributed by atoms with E-state index in [1.165, 1.54) is 30.3 Å². The van der Waals surface area contributed by atoms with Crippen molar-refractivity contribution in [2.75, 3.05) is 31.3 Å². The van der Waals surface area contributed by atoms with Gasteiger partial charge in [0.25, 0.3) is 11.8 Å². The maximum absolute atomic E-state index is 12.9. The smallest absolute Gasteiger partial charge is 0.263 e. The fourth-order valence-corrected chi connectivity index (χ4v) is 5.43. The Morgan fingerprint density at radius 3 is 2.75 bits per heavy atom. The predicted molar refractivity (Wildman–Crippen MR) is 128 cm³/mol. The first-order valence-corrected chi connectivity index (χ1v) is 13.0. The lowest BCUT2D eigenvalue weighted by molar-refractivity contribution is -0.132. The minimum Gasteiger partial charge on any atom is -0.492 e. The largest absolute Gasteiger partial charge is 0.492 e. The lowest BCUT2D eigenvalue weighted by Gasteiger charge is -2.16. The molecule has 1 aromatic heterocycles. The first kappa shape index (κ1) is 23.7. The van der Waals surface area contributed by atoms with E-state index in [-0.39, 0.29) is 46.0 Å². The number of aromatic amines is 1. The number of H-pyrrole nitrogens is 1. The van der Waals surface area contributed by atoms with Gasteiger partial charge in [-0.2, -0.15) is 5.10 Å². The van der Waals surface area contributed by atoms with Crippen molar-refractivity contribution in [3.8, 4) is 23.0 Å². The first-order valence-electron chi connectivity index (χ1n) is 11.3. The van der Waals surface area contributed by atoms with Gasteiger partial charge in [-0.3, -0.25) is 14.7 Å². The van der Waals surface area contributed by atoms with Crippen LogP contribution in [-0.2, 0) is 14.6 Å². The molecule has 0 bridgehead atoms. The van der Waals surface area contributed by atoms with E-state index >= 15 is 0 Å².